The van der Waals surface area contributed by atoms with Gasteiger partial charge < -0.3 is 14.6 Å². The lowest BCUT2D eigenvalue weighted by atomic mass is 9.78. The zero-order valence-electron chi connectivity index (χ0n) is 14.4. The SMILES string of the molecule is CNC(=O)CC1CCOC2(CCN(Cc3cccn3C)CC2)C1. The Morgan fingerprint density at radius 2 is 2.22 bits per heavy atom. The van der Waals surface area contributed by atoms with E-state index in [1.807, 2.05) is 0 Å². The first kappa shape index (κ1) is 16.5. The second-order valence-electron chi connectivity index (χ2n) is 7.15. The van der Waals surface area contributed by atoms with Gasteiger partial charge in [0, 0.05) is 58.6 Å². The predicted molar refractivity (Wildman–Crippen MR) is 90.0 cm³/mol. The molecule has 1 amide bonds. The summed E-state index contributed by atoms with van der Waals surface area (Å²) in [7, 11) is 3.83. The monoisotopic (exact) mass is 319 g/mol. The smallest absolute Gasteiger partial charge is 0.220 e. The van der Waals surface area contributed by atoms with Crippen LogP contribution in [0.4, 0.5) is 0 Å². The van der Waals surface area contributed by atoms with Gasteiger partial charge in [0.2, 0.25) is 5.91 Å². The van der Waals surface area contributed by atoms with E-state index in [-0.39, 0.29) is 11.5 Å². The molecule has 5 nitrogen and oxygen atoms in total. The highest BCUT2D eigenvalue weighted by molar-refractivity contribution is 5.75. The molecule has 1 N–H and O–H groups in total. The van der Waals surface area contributed by atoms with E-state index >= 15 is 0 Å². The third-order valence-electron chi connectivity index (χ3n) is 5.55. The Bertz CT molecular complexity index is 532. The van der Waals surface area contributed by atoms with E-state index in [4.69, 9.17) is 4.74 Å². The van der Waals surface area contributed by atoms with E-state index in [1.54, 1.807) is 7.05 Å². The van der Waals surface area contributed by atoms with Crippen LogP contribution < -0.4 is 5.32 Å². The van der Waals surface area contributed by atoms with Gasteiger partial charge in [-0.1, -0.05) is 0 Å². The third-order valence-corrected chi connectivity index (χ3v) is 5.55. The fourth-order valence-corrected chi connectivity index (χ4v) is 4.02. The largest absolute Gasteiger partial charge is 0.375 e. The molecule has 0 saturated carbocycles. The molecule has 0 aromatic carbocycles. The molecule has 0 aliphatic carbocycles. The van der Waals surface area contributed by atoms with Crippen LogP contribution in [-0.2, 0) is 23.1 Å². The summed E-state index contributed by atoms with van der Waals surface area (Å²) in [4.78, 5) is 14.2. The fourth-order valence-electron chi connectivity index (χ4n) is 4.02. The number of hydrogen-bond acceptors (Lipinski definition) is 3. The van der Waals surface area contributed by atoms with Crippen molar-refractivity contribution < 1.29 is 9.53 Å². The lowest BCUT2D eigenvalue weighted by Gasteiger charge is -2.46. The summed E-state index contributed by atoms with van der Waals surface area (Å²) in [6.45, 7) is 3.98. The normalized spacial score (nSPS) is 24.7. The minimum absolute atomic E-state index is 0.0155. The van der Waals surface area contributed by atoms with E-state index in [0.717, 1.165) is 51.9 Å². The first-order chi connectivity index (χ1) is 11.1. The zero-order chi connectivity index (χ0) is 16.3. The predicted octanol–water partition coefficient (Wildman–Crippen LogP) is 1.92. The molecule has 2 aliphatic heterocycles. The minimum atomic E-state index is 0.0155. The Morgan fingerprint density at radius 1 is 1.43 bits per heavy atom. The van der Waals surface area contributed by atoms with Crippen molar-refractivity contribution in [1.82, 2.24) is 14.8 Å². The van der Waals surface area contributed by atoms with Crippen LogP contribution >= 0.6 is 0 Å². The van der Waals surface area contributed by atoms with Crippen LogP contribution in [0.1, 0.15) is 37.8 Å². The van der Waals surface area contributed by atoms with Gasteiger partial charge in [-0.25, -0.2) is 0 Å². The molecule has 1 atom stereocenters. The van der Waals surface area contributed by atoms with Crippen molar-refractivity contribution >= 4 is 5.91 Å². The lowest BCUT2D eigenvalue weighted by molar-refractivity contribution is -0.136. The number of likely N-dealkylation sites (tertiary alicyclic amines) is 1. The number of nitrogens with zero attached hydrogens (tertiary/aromatic N) is 2. The van der Waals surface area contributed by atoms with Crippen molar-refractivity contribution in [2.45, 2.75) is 44.2 Å². The van der Waals surface area contributed by atoms with Gasteiger partial charge in [-0.15, -0.1) is 0 Å². The lowest BCUT2D eigenvalue weighted by Crippen LogP contribution is -2.49. The first-order valence-electron chi connectivity index (χ1n) is 8.77. The van der Waals surface area contributed by atoms with Crippen LogP contribution in [0.2, 0.25) is 0 Å². The Hall–Kier alpha value is -1.33. The summed E-state index contributed by atoms with van der Waals surface area (Å²) in [5.74, 6) is 0.635. The van der Waals surface area contributed by atoms with Crippen LogP contribution in [0.3, 0.4) is 0 Å². The average Bonchev–Trinajstić information content (AvgIpc) is 2.95. The maximum absolute atomic E-state index is 11.7. The molecule has 0 radical (unpaired) electrons. The number of carbonyl (C=O) groups excluding carboxylic acids is 1. The molecular weight excluding hydrogens is 290 g/mol. The number of carbonyl (C=O) groups is 1. The minimum Gasteiger partial charge on any atom is -0.375 e. The summed E-state index contributed by atoms with van der Waals surface area (Å²) in [5, 5.41) is 2.75. The highest BCUT2D eigenvalue weighted by atomic mass is 16.5. The van der Waals surface area contributed by atoms with Crippen molar-refractivity contribution in [2.24, 2.45) is 13.0 Å². The first-order valence-corrected chi connectivity index (χ1v) is 8.77. The summed E-state index contributed by atoms with van der Waals surface area (Å²) >= 11 is 0. The standard InChI is InChI=1S/C18H29N3O2/c1-19-17(22)12-15-5-11-23-18(13-15)6-9-21(10-7-18)14-16-4-3-8-20(16)2/h3-4,8,15H,5-7,9-14H2,1-2H3,(H,19,22). The van der Waals surface area contributed by atoms with E-state index in [1.165, 1.54) is 5.69 Å². The number of rotatable bonds is 4. The van der Waals surface area contributed by atoms with Crippen LogP contribution in [0.5, 0.6) is 0 Å². The van der Waals surface area contributed by atoms with Gasteiger partial charge in [-0.3, -0.25) is 9.69 Å². The van der Waals surface area contributed by atoms with E-state index in [9.17, 15) is 4.79 Å². The topological polar surface area (TPSA) is 46.5 Å². The maximum atomic E-state index is 11.7. The fraction of sp³-hybridized carbons (Fsp3) is 0.722. The number of ether oxygens (including phenoxy) is 1. The molecule has 23 heavy (non-hydrogen) atoms. The molecule has 1 aromatic heterocycles. The number of amides is 1. The van der Waals surface area contributed by atoms with Gasteiger partial charge in [0.15, 0.2) is 0 Å². The van der Waals surface area contributed by atoms with Gasteiger partial charge in [-0.05, 0) is 43.7 Å². The molecule has 5 heteroatoms. The number of aryl methyl sites for hydroxylation is 1. The number of nitrogens with one attached hydrogen (secondary N) is 1. The molecule has 2 fully saturated rings. The average molecular weight is 319 g/mol. The van der Waals surface area contributed by atoms with Gasteiger partial charge in [0.1, 0.15) is 0 Å². The molecule has 3 rings (SSSR count). The molecular formula is C18H29N3O2. The van der Waals surface area contributed by atoms with E-state index in [0.29, 0.717) is 12.3 Å². The summed E-state index contributed by atoms with van der Waals surface area (Å²) in [6.07, 6.45) is 6.98. The highest BCUT2D eigenvalue weighted by Crippen LogP contribution is 2.39. The zero-order valence-corrected chi connectivity index (χ0v) is 14.4. The van der Waals surface area contributed by atoms with Gasteiger partial charge >= 0.3 is 0 Å². The summed E-state index contributed by atoms with van der Waals surface area (Å²) < 4.78 is 8.39. The third kappa shape index (κ3) is 3.96. The van der Waals surface area contributed by atoms with Crippen molar-refractivity contribution in [3.63, 3.8) is 0 Å². The molecule has 2 saturated heterocycles. The van der Waals surface area contributed by atoms with Gasteiger partial charge in [0.25, 0.3) is 0 Å². The molecule has 3 heterocycles. The van der Waals surface area contributed by atoms with Gasteiger partial charge in [0.05, 0.1) is 5.60 Å². The van der Waals surface area contributed by atoms with Crippen LogP contribution in [0.15, 0.2) is 18.3 Å². The Labute approximate surface area is 139 Å². The molecule has 1 aromatic rings. The number of hydrogen-bond donors (Lipinski definition) is 1. The summed E-state index contributed by atoms with van der Waals surface area (Å²) in [6, 6.07) is 4.30. The quantitative estimate of drug-likeness (QED) is 0.922. The highest BCUT2D eigenvalue weighted by Gasteiger charge is 2.40. The summed E-state index contributed by atoms with van der Waals surface area (Å²) in [5.41, 5.74) is 1.38. The van der Waals surface area contributed by atoms with E-state index < -0.39 is 0 Å². The second-order valence-corrected chi connectivity index (χ2v) is 7.15. The van der Waals surface area contributed by atoms with Gasteiger partial charge in [-0.2, -0.15) is 0 Å². The maximum Gasteiger partial charge on any atom is 0.220 e. The Morgan fingerprint density at radius 3 is 2.87 bits per heavy atom. The molecule has 128 valence electrons. The van der Waals surface area contributed by atoms with Crippen LogP contribution in [0.25, 0.3) is 0 Å². The molecule has 0 bridgehead atoms. The second kappa shape index (κ2) is 7.05. The van der Waals surface area contributed by atoms with Crippen LogP contribution in [0, 0.1) is 5.92 Å². The van der Waals surface area contributed by atoms with Crippen molar-refractivity contribution in [3.05, 3.63) is 24.0 Å². The Kier molecular flexibility index (Phi) is 5.07. The molecule has 1 unspecified atom stereocenters. The Balaban J connectivity index is 1.52. The van der Waals surface area contributed by atoms with Crippen molar-refractivity contribution in [1.29, 1.82) is 0 Å². The number of aromatic nitrogens is 1. The molecule has 1 spiro atoms. The molecule has 2 aliphatic rings. The number of piperidine rings is 1. The van der Waals surface area contributed by atoms with Crippen molar-refractivity contribution in [3.8, 4) is 0 Å². The van der Waals surface area contributed by atoms with Crippen LogP contribution in [-0.4, -0.2) is 47.7 Å². The van der Waals surface area contributed by atoms with E-state index in [2.05, 4.69) is 40.2 Å². The van der Waals surface area contributed by atoms with Crippen molar-refractivity contribution in [2.75, 3.05) is 26.7 Å².